The third-order valence-electron chi connectivity index (χ3n) is 2.92. The summed E-state index contributed by atoms with van der Waals surface area (Å²) < 4.78 is 2.05. The average molecular weight is 242 g/mol. The van der Waals surface area contributed by atoms with Crippen LogP contribution in [0.4, 0.5) is 0 Å². The van der Waals surface area contributed by atoms with Gasteiger partial charge in [-0.3, -0.25) is 4.79 Å². The van der Waals surface area contributed by atoms with Crippen LogP contribution in [0.1, 0.15) is 18.2 Å². The molecule has 94 valence electrons. The molecule has 3 nitrogen and oxygen atoms in total. The summed E-state index contributed by atoms with van der Waals surface area (Å²) in [5.74, 6) is 0. The lowest BCUT2D eigenvalue weighted by Crippen LogP contribution is -2.21. The SMILES string of the molecule is CCNCc1cn(-c2ccccc2)c(C)cc1=O. The van der Waals surface area contributed by atoms with Crippen molar-refractivity contribution in [1.29, 1.82) is 0 Å². The van der Waals surface area contributed by atoms with E-state index in [4.69, 9.17) is 0 Å². The van der Waals surface area contributed by atoms with Gasteiger partial charge in [0.2, 0.25) is 0 Å². The van der Waals surface area contributed by atoms with Crippen LogP contribution in [0.25, 0.3) is 5.69 Å². The molecule has 0 saturated heterocycles. The number of aryl methyl sites for hydroxylation is 1. The number of hydrogen-bond donors (Lipinski definition) is 1. The first-order valence-corrected chi connectivity index (χ1v) is 6.20. The van der Waals surface area contributed by atoms with Crippen LogP contribution in [0.3, 0.4) is 0 Å². The molecule has 2 rings (SSSR count). The van der Waals surface area contributed by atoms with E-state index in [-0.39, 0.29) is 5.43 Å². The number of rotatable bonds is 4. The van der Waals surface area contributed by atoms with Crippen molar-refractivity contribution in [3.05, 3.63) is 64.1 Å². The number of nitrogens with zero attached hydrogens (tertiary/aromatic N) is 1. The fourth-order valence-corrected chi connectivity index (χ4v) is 1.93. The summed E-state index contributed by atoms with van der Waals surface area (Å²) in [6, 6.07) is 11.7. The van der Waals surface area contributed by atoms with Gasteiger partial charge in [-0.25, -0.2) is 0 Å². The maximum atomic E-state index is 11.9. The fraction of sp³-hybridized carbons (Fsp3) is 0.267. The van der Waals surface area contributed by atoms with Crippen molar-refractivity contribution in [2.75, 3.05) is 6.54 Å². The Morgan fingerprint density at radius 3 is 2.61 bits per heavy atom. The van der Waals surface area contributed by atoms with Crippen molar-refractivity contribution in [1.82, 2.24) is 9.88 Å². The second-order valence-electron chi connectivity index (χ2n) is 4.29. The molecule has 1 aromatic heterocycles. The van der Waals surface area contributed by atoms with E-state index >= 15 is 0 Å². The van der Waals surface area contributed by atoms with E-state index in [2.05, 4.69) is 5.32 Å². The molecular formula is C15H18N2O. The van der Waals surface area contributed by atoms with Crippen molar-refractivity contribution in [2.45, 2.75) is 20.4 Å². The maximum absolute atomic E-state index is 11.9. The summed E-state index contributed by atoms with van der Waals surface area (Å²) in [5, 5.41) is 3.19. The Balaban J connectivity index is 2.45. The third-order valence-corrected chi connectivity index (χ3v) is 2.92. The summed E-state index contributed by atoms with van der Waals surface area (Å²) >= 11 is 0. The highest BCUT2D eigenvalue weighted by atomic mass is 16.1. The smallest absolute Gasteiger partial charge is 0.186 e. The maximum Gasteiger partial charge on any atom is 0.186 e. The largest absolute Gasteiger partial charge is 0.321 e. The van der Waals surface area contributed by atoms with Crippen LogP contribution in [0.15, 0.2) is 47.4 Å². The van der Waals surface area contributed by atoms with Gasteiger partial charge in [-0.05, 0) is 25.6 Å². The summed E-state index contributed by atoms with van der Waals surface area (Å²) in [6.45, 7) is 5.45. The standard InChI is InChI=1S/C15H18N2O/c1-3-16-10-13-11-17(12(2)9-15(13)18)14-7-5-4-6-8-14/h4-9,11,16H,3,10H2,1-2H3. The molecule has 0 amide bonds. The number of pyridine rings is 1. The van der Waals surface area contributed by atoms with Crippen LogP contribution in [0.5, 0.6) is 0 Å². The van der Waals surface area contributed by atoms with Gasteiger partial charge in [-0.1, -0.05) is 25.1 Å². The molecule has 0 saturated carbocycles. The van der Waals surface area contributed by atoms with Crippen LogP contribution in [-0.2, 0) is 6.54 Å². The van der Waals surface area contributed by atoms with Gasteiger partial charge in [-0.2, -0.15) is 0 Å². The highest BCUT2D eigenvalue weighted by molar-refractivity contribution is 5.35. The second-order valence-corrected chi connectivity index (χ2v) is 4.29. The first kappa shape index (κ1) is 12.6. The lowest BCUT2D eigenvalue weighted by molar-refractivity contribution is 0.716. The minimum atomic E-state index is 0.0978. The number of hydrogen-bond acceptors (Lipinski definition) is 2. The Labute approximate surface area is 107 Å². The third kappa shape index (κ3) is 2.68. The number of para-hydroxylation sites is 1. The van der Waals surface area contributed by atoms with E-state index < -0.39 is 0 Å². The number of nitrogens with one attached hydrogen (secondary N) is 1. The van der Waals surface area contributed by atoms with Gasteiger partial charge in [0.15, 0.2) is 5.43 Å². The van der Waals surface area contributed by atoms with Crippen LogP contribution in [0, 0.1) is 6.92 Å². The molecule has 0 spiro atoms. The molecule has 0 unspecified atom stereocenters. The van der Waals surface area contributed by atoms with Crippen molar-refractivity contribution >= 4 is 0 Å². The van der Waals surface area contributed by atoms with E-state index in [1.54, 1.807) is 6.07 Å². The van der Waals surface area contributed by atoms with Gasteiger partial charge >= 0.3 is 0 Å². The normalized spacial score (nSPS) is 10.6. The molecule has 0 radical (unpaired) electrons. The van der Waals surface area contributed by atoms with E-state index in [0.717, 1.165) is 23.5 Å². The molecule has 1 aromatic carbocycles. The quantitative estimate of drug-likeness (QED) is 0.892. The summed E-state index contributed by atoms with van der Waals surface area (Å²) in [6.07, 6.45) is 1.93. The van der Waals surface area contributed by atoms with Crippen LogP contribution < -0.4 is 10.7 Å². The van der Waals surface area contributed by atoms with Crippen molar-refractivity contribution in [2.24, 2.45) is 0 Å². The predicted octanol–water partition coefficient (Wildman–Crippen LogP) is 2.26. The number of benzene rings is 1. The van der Waals surface area contributed by atoms with Crippen molar-refractivity contribution in [3.63, 3.8) is 0 Å². The molecule has 3 heteroatoms. The van der Waals surface area contributed by atoms with E-state index in [1.807, 2.05) is 54.9 Å². The Morgan fingerprint density at radius 1 is 1.22 bits per heavy atom. The lowest BCUT2D eigenvalue weighted by Gasteiger charge is -2.12. The molecule has 0 bridgehead atoms. The van der Waals surface area contributed by atoms with Gasteiger partial charge < -0.3 is 9.88 Å². The van der Waals surface area contributed by atoms with Gasteiger partial charge in [0, 0.05) is 35.8 Å². The van der Waals surface area contributed by atoms with E-state index in [0.29, 0.717) is 6.54 Å². The molecule has 1 heterocycles. The van der Waals surface area contributed by atoms with Crippen LogP contribution in [-0.4, -0.2) is 11.1 Å². The Kier molecular flexibility index (Phi) is 3.95. The van der Waals surface area contributed by atoms with Gasteiger partial charge in [0.1, 0.15) is 0 Å². The first-order valence-electron chi connectivity index (χ1n) is 6.20. The summed E-state index contributed by atoms with van der Waals surface area (Å²) in [4.78, 5) is 11.9. The highest BCUT2D eigenvalue weighted by Gasteiger charge is 2.04. The summed E-state index contributed by atoms with van der Waals surface area (Å²) in [5.41, 5.74) is 2.92. The highest BCUT2D eigenvalue weighted by Crippen LogP contribution is 2.10. The Hall–Kier alpha value is -1.87. The predicted molar refractivity (Wildman–Crippen MR) is 74.2 cm³/mol. The minimum absolute atomic E-state index is 0.0978. The lowest BCUT2D eigenvalue weighted by atomic mass is 10.2. The fourth-order valence-electron chi connectivity index (χ4n) is 1.93. The van der Waals surface area contributed by atoms with Gasteiger partial charge in [0.25, 0.3) is 0 Å². The zero-order valence-electron chi connectivity index (χ0n) is 10.8. The molecule has 0 aliphatic carbocycles. The molecule has 0 atom stereocenters. The molecule has 2 aromatic rings. The minimum Gasteiger partial charge on any atom is -0.321 e. The van der Waals surface area contributed by atoms with Crippen molar-refractivity contribution in [3.8, 4) is 5.69 Å². The zero-order chi connectivity index (χ0) is 13.0. The molecule has 1 N–H and O–H groups in total. The Morgan fingerprint density at radius 2 is 1.94 bits per heavy atom. The van der Waals surface area contributed by atoms with Crippen LogP contribution in [0.2, 0.25) is 0 Å². The van der Waals surface area contributed by atoms with Crippen LogP contribution >= 0.6 is 0 Å². The second kappa shape index (κ2) is 5.65. The zero-order valence-corrected chi connectivity index (χ0v) is 10.8. The van der Waals surface area contributed by atoms with E-state index in [9.17, 15) is 4.79 Å². The molecule has 0 fully saturated rings. The summed E-state index contributed by atoms with van der Waals surface area (Å²) in [7, 11) is 0. The molecule has 18 heavy (non-hydrogen) atoms. The molecular weight excluding hydrogens is 224 g/mol. The topological polar surface area (TPSA) is 34.0 Å². The van der Waals surface area contributed by atoms with Gasteiger partial charge in [-0.15, -0.1) is 0 Å². The van der Waals surface area contributed by atoms with E-state index in [1.165, 1.54) is 0 Å². The average Bonchev–Trinajstić information content (AvgIpc) is 2.39. The monoisotopic (exact) mass is 242 g/mol. The van der Waals surface area contributed by atoms with Crippen molar-refractivity contribution < 1.29 is 0 Å². The Bertz CT molecular complexity index is 573. The van der Waals surface area contributed by atoms with Gasteiger partial charge in [0.05, 0.1) is 0 Å². The molecule has 0 aliphatic rings. The number of aromatic nitrogens is 1. The molecule has 0 aliphatic heterocycles. The first-order chi connectivity index (χ1) is 8.72.